The zero-order valence-corrected chi connectivity index (χ0v) is 14.6. The van der Waals surface area contributed by atoms with Gasteiger partial charge >= 0.3 is 0 Å². The molecule has 4 heterocycles. The summed E-state index contributed by atoms with van der Waals surface area (Å²) in [6, 6.07) is 5.97. The van der Waals surface area contributed by atoms with E-state index in [9.17, 15) is 0 Å². The van der Waals surface area contributed by atoms with E-state index in [1.165, 1.54) is 31.5 Å². The fraction of sp³-hybridized carbons (Fsp3) is 0.526. The molecule has 0 unspecified atom stereocenters. The minimum absolute atomic E-state index is 0.742. The van der Waals surface area contributed by atoms with Crippen molar-refractivity contribution in [1.29, 1.82) is 0 Å². The summed E-state index contributed by atoms with van der Waals surface area (Å²) in [6.07, 6.45) is 8.23. The second kappa shape index (κ2) is 7.78. The van der Waals surface area contributed by atoms with Gasteiger partial charge in [0.2, 0.25) is 11.8 Å². The van der Waals surface area contributed by atoms with E-state index in [1.807, 2.05) is 12.1 Å². The van der Waals surface area contributed by atoms with Crippen molar-refractivity contribution < 1.29 is 4.74 Å². The molecule has 1 saturated heterocycles. The summed E-state index contributed by atoms with van der Waals surface area (Å²) >= 11 is 0. The molecule has 6 nitrogen and oxygen atoms in total. The highest BCUT2D eigenvalue weighted by Gasteiger charge is 2.19. The topological polar surface area (TPSA) is 54.4 Å². The predicted molar refractivity (Wildman–Crippen MR) is 96.8 cm³/mol. The van der Waals surface area contributed by atoms with Gasteiger partial charge in [-0.1, -0.05) is 6.07 Å². The van der Waals surface area contributed by atoms with Crippen molar-refractivity contribution in [2.24, 2.45) is 0 Å². The van der Waals surface area contributed by atoms with E-state index in [1.54, 1.807) is 12.4 Å². The molecular weight excluding hydrogens is 314 g/mol. The highest BCUT2D eigenvalue weighted by atomic mass is 16.5. The van der Waals surface area contributed by atoms with Crippen LogP contribution in [0.3, 0.4) is 0 Å². The lowest BCUT2D eigenvalue weighted by Gasteiger charge is -2.28. The van der Waals surface area contributed by atoms with E-state index in [0.29, 0.717) is 0 Å². The summed E-state index contributed by atoms with van der Waals surface area (Å²) in [5, 5.41) is 0. The van der Waals surface area contributed by atoms with Crippen LogP contribution in [0.4, 0.5) is 5.95 Å². The molecule has 4 rings (SSSR count). The summed E-state index contributed by atoms with van der Waals surface area (Å²) in [4.78, 5) is 18.1. The second-order valence-corrected chi connectivity index (χ2v) is 6.73. The third kappa shape index (κ3) is 4.07. The lowest BCUT2D eigenvalue weighted by molar-refractivity contribution is 0.256. The van der Waals surface area contributed by atoms with Crippen LogP contribution in [0, 0.1) is 0 Å². The smallest absolute Gasteiger partial charge is 0.225 e. The highest BCUT2D eigenvalue weighted by molar-refractivity contribution is 5.38. The Labute approximate surface area is 148 Å². The van der Waals surface area contributed by atoms with Crippen LogP contribution in [-0.4, -0.2) is 52.6 Å². The van der Waals surface area contributed by atoms with Gasteiger partial charge in [0.05, 0.1) is 12.3 Å². The Morgan fingerprint density at radius 2 is 1.88 bits per heavy atom. The van der Waals surface area contributed by atoms with Crippen LogP contribution in [0.5, 0.6) is 5.88 Å². The van der Waals surface area contributed by atoms with Gasteiger partial charge < -0.3 is 14.5 Å². The van der Waals surface area contributed by atoms with Crippen LogP contribution in [0.15, 0.2) is 30.6 Å². The Hall–Kier alpha value is -2.21. The standard InChI is InChI=1S/C19H25N5O/c1-2-11-23(10-1)12-4-14-25-18-6-5-16-15-24(13-7-17(16)22-18)19-20-8-3-9-21-19/h3,5-6,8-9H,1-2,4,7,10-15H2. The minimum atomic E-state index is 0.742. The fourth-order valence-electron chi connectivity index (χ4n) is 3.57. The highest BCUT2D eigenvalue weighted by Crippen LogP contribution is 2.22. The first-order valence-corrected chi connectivity index (χ1v) is 9.24. The van der Waals surface area contributed by atoms with Crippen molar-refractivity contribution in [3.8, 4) is 5.88 Å². The molecule has 6 heteroatoms. The van der Waals surface area contributed by atoms with E-state index in [-0.39, 0.29) is 0 Å². The van der Waals surface area contributed by atoms with Gasteiger partial charge in [-0.05, 0) is 44.0 Å². The van der Waals surface area contributed by atoms with Gasteiger partial charge in [-0.25, -0.2) is 15.0 Å². The molecule has 2 aromatic heterocycles. The summed E-state index contributed by atoms with van der Waals surface area (Å²) in [6.45, 7) is 6.07. The molecular formula is C19H25N5O. The third-order valence-electron chi connectivity index (χ3n) is 4.92. The largest absolute Gasteiger partial charge is 0.478 e. The molecule has 2 aliphatic heterocycles. The summed E-state index contributed by atoms with van der Waals surface area (Å²) in [7, 11) is 0. The first kappa shape index (κ1) is 16.3. The van der Waals surface area contributed by atoms with Crippen molar-refractivity contribution >= 4 is 5.95 Å². The Balaban J connectivity index is 1.30. The fourth-order valence-corrected chi connectivity index (χ4v) is 3.57. The van der Waals surface area contributed by atoms with Crippen LogP contribution in [0.1, 0.15) is 30.5 Å². The SMILES string of the molecule is c1cnc(N2CCc3nc(OCCCN4CCCC4)ccc3C2)nc1. The molecule has 2 aliphatic rings. The average Bonchev–Trinajstić information content (AvgIpc) is 3.19. The van der Waals surface area contributed by atoms with Gasteiger partial charge in [0, 0.05) is 44.5 Å². The lowest BCUT2D eigenvalue weighted by Crippen LogP contribution is -2.32. The second-order valence-electron chi connectivity index (χ2n) is 6.73. The van der Waals surface area contributed by atoms with Gasteiger partial charge in [-0.15, -0.1) is 0 Å². The molecule has 0 aromatic carbocycles. The first-order chi connectivity index (χ1) is 12.4. The van der Waals surface area contributed by atoms with E-state index in [4.69, 9.17) is 9.72 Å². The van der Waals surface area contributed by atoms with Crippen LogP contribution >= 0.6 is 0 Å². The molecule has 0 radical (unpaired) electrons. The number of fused-ring (bicyclic) bond motifs is 1. The number of nitrogens with zero attached hydrogens (tertiary/aromatic N) is 5. The molecule has 2 aromatic rings. The summed E-state index contributed by atoms with van der Waals surface area (Å²) in [5.74, 6) is 1.54. The molecule has 0 amide bonds. The van der Waals surface area contributed by atoms with Crippen LogP contribution in [0.25, 0.3) is 0 Å². The number of hydrogen-bond acceptors (Lipinski definition) is 6. The van der Waals surface area contributed by atoms with Gasteiger partial charge in [0.15, 0.2) is 0 Å². The molecule has 25 heavy (non-hydrogen) atoms. The van der Waals surface area contributed by atoms with Crippen LogP contribution in [-0.2, 0) is 13.0 Å². The molecule has 1 fully saturated rings. The number of aromatic nitrogens is 3. The van der Waals surface area contributed by atoms with Gasteiger partial charge in [0.1, 0.15) is 0 Å². The van der Waals surface area contributed by atoms with Crippen molar-refractivity contribution in [3.05, 3.63) is 41.9 Å². The number of hydrogen-bond donors (Lipinski definition) is 0. The van der Waals surface area contributed by atoms with Gasteiger partial charge in [0.25, 0.3) is 0 Å². The first-order valence-electron chi connectivity index (χ1n) is 9.24. The molecule has 0 saturated carbocycles. The molecule has 0 N–H and O–H groups in total. The number of anilines is 1. The Bertz CT molecular complexity index is 687. The molecule has 132 valence electrons. The van der Waals surface area contributed by atoms with Crippen molar-refractivity contribution in [1.82, 2.24) is 19.9 Å². The number of likely N-dealkylation sites (tertiary alicyclic amines) is 1. The third-order valence-corrected chi connectivity index (χ3v) is 4.92. The molecule has 0 atom stereocenters. The molecule has 0 bridgehead atoms. The van der Waals surface area contributed by atoms with E-state index in [2.05, 4.69) is 25.8 Å². The van der Waals surface area contributed by atoms with Crippen molar-refractivity contribution in [2.75, 3.05) is 37.7 Å². The molecule has 0 aliphatic carbocycles. The zero-order valence-electron chi connectivity index (χ0n) is 14.6. The van der Waals surface area contributed by atoms with E-state index in [0.717, 1.165) is 56.6 Å². The monoisotopic (exact) mass is 339 g/mol. The van der Waals surface area contributed by atoms with Crippen molar-refractivity contribution in [2.45, 2.75) is 32.2 Å². The van der Waals surface area contributed by atoms with E-state index >= 15 is 0 Å². The van der Waals surface area contributed by atoms with E-state index < -0.39 is 0 Å². The number of pyridine rings is 1. The Morgan fingerprint density at radius 1 is 1.04 bits per heavy atom. The normalized spacial score (nSPS) is 17.5. The Kier molecular flexibility index (Phi) is 5.06. The predicted octanol–water partition coefficient (Wildman–Crippen LogP) is 2.30. The maximum absolute atomic E-state index is 5.87. The summed E-state index contributed by atoms with van der Waals surface area (Å²) < 4.78 is 5.87. The lowest BCUT2D eigenvalue weighted by atomic mass is 10.1. The number of ether oxygens (including phenoxy) is 1. The maximum atomic E-state index is 5.87. The quantitative estimate of drug-likeness (QED) is 0.753. The summed E-state index contributed by atoms with van der Waals surface area (Å²) in [5.41, 5.74) is 2.38. The Morgan fingerprint density at radius 3 is 2.72 bits per heavy atom. The van der Waals surface area contributed by atoms with Crippen LogP contribution in [0.2, 0.25) is 0 Å². The van der Waals surface area contributed by atoms with Crippen LogP contribution < -0.4 is 9.64 Å². The number of rotatable bonds is 6. The minimum Gasteiger partial charge on any atom is -0.478 e. The molecule has 0 spiro atoms. The average molecular weight is 339 g/mol. The van der Waals surface area contributed by atoms with Crippen molar-refractivity contribution in [3.63, 3.8) is 0 Å². The zero-order chi connectivity index (χ0) is 16.9. The van der Waals surface area contributed by atoms with Gasteiger partial charge in [-0.2, -0.15) is 0 Å². The van der Waals surface area contributed by atoms with Gasteiger partial charge in [-0.3, -0.25) is 0 Å². The maximum Gasteiger partial charge on any atom is 0.225 e.